The van der Waals surface area contributed by atoms with Crippen LogP contribution in [0.5, 0.6) is 74.7 Å². The van der Waals surface area contributed by atoms with Gasteiger partial charge in [-0.25, -0.2) is 4.79 Å². The molecule has 0 spiro atoms. The van der Waals surface area contributed by atoms with Crippen molar-refractivity contribution in [2.75, 3.05) is 0 Å². The van der Waals surface area contributed by atoms with Crippen LogP contribution in [0.3, 0.4) is 0 Å². The molecule has 0 saturated carbocycles. The number of carbonyl (C=O) groups is 1. The number of fused-ring (bicyclic) bond motifs is 2. The van der Waals surface area contributed by atoms with Crippen LogP contribution < -0.4 is 9.47 Å². The molecule has 2 heterocycles. The van der Waals surface area contributed by atoms with Crippen LogP contribution in [0.25, 0.3) is 0 Å². The van der Waals surface area contributed by atoms with Crippen LogP contribution in [-0.2, 0) is 11.2 Å². The Morgan fingerprint density at radius 2 is 1.17 bits per heavy atom. The van der Waals surface area contributed by atoms with Gasteiger partial charge >= 0.3 is 5.97 Å². The van der Waals surface area contributed by atoms with Gasteiger partial charge in [-0.2, -0.15) is 0 Å². The smallest absolute Gasteiger partial charge is 0.338 e. The number of aliphatic hydroxyl groups excluding tert-OH is 1. The van der Waals surface area contributed by atoms with Gasteiger partial charge in [0.25, 0.3) is 0 Å². The molecule has 0 radical (unpaired) electrons. The van der Waals surface area contributed by atoms with Gasteiger partial charge in [0.05, 0.1) is 17.6 Å². The molecular weight excluding hydrogens is 700 g/mol. The summed E-state index contributed by atoms with van der Waals surface area (Å²) < 4.78 is 18.4. The highest BCUT2D eigenvalue weighted by Gasteiger charge is 2.49. The summed E-state index contributed by atoms with van der Waals surface area (Å²) in [5.74, 6) is -10.4. The molecule has 0 fully saturated rings. The van der Waals surface area contributed by atoms with Gasteiger partial charge in [0.2, 0.25) is 0 Å². The predicted octanol–water partition coefficient (Wildman–Crippen LogP) is 3.98. The van der Waals surface area contributed by atoms with E-state index in [0.717, 1.165) is 54.6 Å². The second-order valence-corrected chi connectivity index (χ2v) is 12.6. The van der Waals surface area contributed by atoms with Gasteiger partial charge < -0.3 is 75.5 Å². The Bertz CT molecular complexity index is 2280. The Morgan fingerprint density at radius 1 is 0.585 bits per heavy atom. The summed E-state index contributed by atoms with van der Waals surface area (Å²) in [5.41, 5.74) is -0.728. The topological polar surface area (TPSA) is 288 Å². The number of esters is 1. The standard InChI is InChI=1S/C37H30O16/c38-16-9-23(44)29-28(10-16)51-34(14-2-4-19(40)22(43)6-14)36(53-37(50)15-7-25(46)32(49)26(47)8-15)31(29)30-24(45)12-20(41)17-11-27(48)33(52-35(17)30)13-1-3-18(39)21(42)5-13/h1-10,12,27,31,33-34,36,38-49H,11H2/t27-,31-,33+,34+,36-/m0/s1. The fraction of sp³-hybridized carbons (Fsp3) is 0.162. The Balaban J connectivity index is 1.48. The number of benzene rings is 5. The molecule has 53 heavy (non-hydrogen) atoms. The lowest BCUT2D eigenvalue weighted by Gasteiger charge is -2.41. The van der Waals surface area contributed by atoms with Crippen LogP contribution in [0.1, 0.15) is 56.3 Å². The van der Waals surface area contributed by atoms with E-state index >= 15 is 0 Å². The second kappa shape index (κ2) is 12.6. The number of ether oxygens (including phenoxy) is 3. The summed E-state index contributed by atoms with van der Waals surface area (Å²) >= 11 is 0. The van der Waals surface area contributed by atoms with E-state index in [9.17, 15) is 66.1 Å². The second-order valence-electron chi connectivity index (χ2n) is 12.6. The van der Waals surface area contributed by atoms with Crippen molar-refractivity contribution in [3.05, 3.63) is 100 Å². The maximum atomic E-state index is 13.8. The highest BCUT2D eigenvalue weighted by atomic mass is 16.6. The fourth-order valence-corrected chi connectivity index (χ4v) is 6.73. The lowest BCUT2D eigenvalue weighted by Crippen LogP contribution is -2.39. The molecule has 0 aliphatic carbocycles. The minimum absolute atomic E-state index is 0.0341. The highest BCUT2D eigenvalue weighted by molar-refractivity contribution is 5.91. The zero-order valence-corrected chi connectivity index (χ0v) is 26.9. The summed E-state index contributed by atoms with van der Waals surface area (Å²) in [6.45, 7) is 0. The van der Waals surface area contributed by atoms with Crippen LogP contribution in [0, 0.1) is 0 Å². The molecule has 0 aromatic heterocycles. The first-order chi connectivity index (χ1) is 25.1. The quantitative estimate of drug-likeness (QED) is 0.0899. The molecular formula is C37H30O16. The number of hydrogen-bond acceptors (Lipinski definition) is 16. The number of carbonyl (C=O) groups excluding carboxylic acids is 1. The summed E-state index contributed by atoms with van der Waals surface area (Å²) in [5, 5.41) is 126. The first kappa shape index (κ1) is 34.4. The first-order valence-electron chi connectivity index (χ1n) is 15.8. The summed E-state index contributed by atoms with van der Waals surface area (Å²) in [6, 6.07) is 11.7. The van der Waals surface area contributed by atoms with Crippen LogP contribution in [0.2, 0.25) is 0 Å². The van der Waals surface area contributed by atoms with Crippen LogP contribution in [-0.4, -0.2) is 79.5 Å². The number of rotatable bonds is 5. The SMILES string of the molecule is O=C(O[C@H]1[C@H](c2c(O)cc(O)c3c2O[C@H](c2ccc(O)c(O)c2)[C@@H](O)C3)c2c(O)cc(O)cc2O[C@@H]1c1ccc(O)c(O)c1)c1cc(O)c(O)c(O)c1. The number of hydrogen-bond donors (Lipinski definition) is 12. The van der Waals surface area contributed by atoms with E-state index in [4.69, 9.17) is 14.2 Å². The lowest BCUT2D eigenvalue weighted by atomic mass is 9.77. The van der Waals surface area contributed by atoms with Crippen molar-refractivity contribution in [1.29, 1.82) is 0 Å². The third-order valence-electron chi connectivity index (χ3n) is 9.20. The monoisotopic (exact) mass is 730 g/mol. The minimum Gasteiger partial charge on any atom is -0.508 e. The molecule has 0 unspecified atom stereocenters. The average molecular weight is 731 g/mol. The Labute approximate surface area is 297 Å². The van der Waals surface area contributed by atoms with Crippen molar-refractivity contribution in [2.24, 2.45) is 0 Å². The lowest BCUT2D eigenvalue weighted by molar-refractivity contribution is -0.0285. The third-order valence-corrected chi connectivity index (χ3v) is 9.20. The molecule has 2 aliphatic heterocycles. The van der Waals surface area contributed by atoms with E-state index < -0.39 is 105 Å². The van der Waals surface area contributed by atoms with Gasteiger partial charge in [0.1, 0.15) is 40.6 Å². The molecule has 5 aromatic rings. The van der Waals surface area contributed by atoms with Gasteiger partial charge in [-0.15, -0.1) is 0 Å². The molecule has 0 bridgehead atoms. The van der Waals surface area contributed by atoms with Crippen LogP contribution in [0.4, 0.5) is 0 Å². The van der Waals surface area contributed by atoms with Gasteiger partial charge in [0, 0.05) is 46.9 Å². The number of aromatic hydroxyl groups is 11. The number of phenols is 11. The normalized spacial score (nSPS) is 20.4. The molecule has 16 heteroatoms. The summed E-state index contributed by atoms with van der Waals surface area (Å²) in [6.07, 6.45) is -6.19. The van der Waals surface area contributed by atoms with Crippen LogP contribution >= 0.6 is 0 Å². The molecule has 0 amide bonds. The van der Waals surface area contributed by atoms with E-state index in [1.807, 2.05) is 0 Å². The van der Waals surface area contributed by atoms with Crippen molar-refractivity contribution in [3.63, 3.8) is 0 Å². The first-order valence-corrected chi connectivity index (χ1v) is 15.8. The zero-order valence-electron chi connectivity index (χ0n) is 26.9. The van der Waals surface area contributed by atoms with Gasteiger partial charge in [-0.05, 0) is 42.0 Å². The predicted molar refractivity (Wildman–Crippen MR) is 178 cm³/mol. The molecule has 5 atom stereocenters. The molecule has 12 N–H and O–H groups in total. The van der Waals surface area contributed by atoms with E-state index in [2.05, 4.69) is 0 Å². The van der Waals surface area contributed by atoms with E-state index in [0.29, 0.717) is 0 Å². The van der Waals surface area contributed by atoms with Gasteiger partial charge in [-0.1, -0.05) is 12.1 Å². The Morgan fingerprint density at radius 3 is 1.77 bits per heavy atom. The van der Waals surface area contributed by atoms with Crippen molar-refractivity contribution in [2.45, 2.75) is 36.8 Å². The highest BCUT2D eigenvalue weighted by Crippen LogP contribution is 2.58. The largest absolute Gasteiger partial charge is 0.508 e. The van der Waals surface area contributed by atoms with E-state index in [-0.39, 0.29) is 45.7 Å². The van der Waals surface area contributed by atoms with E-state index in [1.54, 1.807) is 0 Å². The van der Waals surface area contributed by atoms with Gasteiger partial charge in [-0.3, -0.25) is 0 Å². The van der Waals surface area contributed by atoms with Crippen molar-refractivity contribution in [3.8, 4) is 74.7 Å². The zero-order chi connectivity index (χ0) is 38.0. The van der Waals surface area contributed by atoms with Crippen molar-refractivity contribution >= 4 is 5.97 Å². The number of phenolic OH excluding ortho intramolecular Hbond substituents is 11. The maximum absolute atomic E-state index is 13.8. The van der Waals surface area contributed by atoms with Gasteiger partial charge in [0.15, 0.2) is 52.5 Å². The Kier molecular flexibility index (Phi) is 8.18. The molecule has 0 saturated heterocycles. The summed E-state index contributed by atoms with van der Waals surface area (Å²) in [4.78, 5) is 13.8. The average Bonchev–Trinajstić information content (AvgIpc) is 3.09. The Hall–Kier alpha value is -7.07. The third kappa shape index (κ3) is 5.85. The molecule has 7 rings (SSSR count). The molecule has 2 aliphatic rings. The summed E-state index contributed by atoms with van der Waals surface area (Å²) in [7, 11) is 0. The minimum atomic E-state index is -1.72. The van der Waals surface area contributed by atoms with Crippen molar-refractivity contribution < 1.29 is 80.3 Å². The molecule has 274 valence electrons. The molecule has 16 nitrogen and oxygen atoms in total. The fourth-order valence-electron chi connectivity index (χ4n) is 6.73. The van der Waals surface area contributed by atoms with E-state index in [1.165, 1.54) is 12.1 Å². The van der Waals surface area contributed by atoms with Crippen LogP contribution in [0.15, 0.2) is 66.7 Å². The molecule has 5 aromatic carbocycles. The van der Waals surface area contributed by atoms with Crippen molar-refractivity contribution in [1.82, 2.24) is 0 Å². The number of aliphatic hydroxyl groups is 1. The maximum Gasteiger partial charge on any atom is 0.338 e.